The van der Waals surface area contributed by atoms with E-state index in [0.717, 1.165) is 35.9 Å². The van der Waals surface area contributed by atoms with E-state index >= 15 is 0 Å². The van der Waals surface area contributed by atoms with Crippen LogP contribution in [0.25, 0.3) is 0 Å². The second-order valence-electron chi connectivity index (χ2n) is 8.47. The lowest BCUT2D eigenvalue weighted by Crippen LogP contribution is -2.61. The Labute approximate surface area is 192 Å². The van der Waals surface area contributed by atoms with Crippen molar-refractivity contribution in [2.24, 2.45) is 5.92 Å². The van der Waals surface area contributed by atoms with Crippen molar-refractivity contribution in [3.8, 4) is 0 Å². The Morgan fingerprint density at radius 2 is 1.75 bits per heavy atom. The molecule has 1 fully saturated rings. The molecule has 0 aliphatic carbocycles. The zero-order valence-electron chi connectivity index (χ0n) is 17.7. The van der Waals surface area contributed by atoms with Gasteiger partial charge in [-0.1, -0.05) is 41.9 Å². The smallest absolute Gasteiger partial charge is 0.225 e. The lowest BCUT2D eigenvalue weighted by Gasteiger charge is -2.49. The van der Waals surface area contributed by atoms with Crippen LogP contribution in [0.3, 0.4) is 0 Å². The third kappa shape index (κ3) is 4.17. The number of nitrogens with one attached hydrogen (secondary N) is 1. The van der Waals surface area contributed by atoms with Crippen LogP contribution in [0.5, 0.6) is 0 Å². The minimum atomic E-state index is -0.274. The van der Waals surface area contributed by atoms with E-state index < -0.39 is 0 Å². The minimum absolute atomic E-state index is 0.0387. The number of carbonyl (C=O) groups is 1. The van der Waals surface area contributed by atoms with E-state index in [4.69, 9.17) is 11.6 Å². The normalized spacial score (nSPS) is 19.8. The third-order valence-electron chi connectivity index (χ3n) is 6.53. The highest BCUT2D eigenvalue weighted by atomic mass is 35.5. The Morgan fingerprint density at radius 1 is 1.00 bits per heavy atom. The molecule has 32 heavy (non-hydrogen) atoms. The summed E-state index contributed by atoms with van der Waals surface area (Å²) in [4.78, 5) is 18.1. The lowest BCUT2D eigenvalue weighted by atomic mass is 9.83. The molecule has 0 radical (unpaired) electrons. The average molecular weight is 450 g/mol. The number of benzene rings is 3. The largest absolute Gasteiger partial charge is 0.368 e. The fourth-order valence-electron chi connectivity index (χ4n) is 4.87. The van der Waals surface area contributed by atoms with E-state index in [1.54, 1.807) is 12.1 Å². The number of anilines is 2. The second kappa shape index (κ2) is 8.83. The predicted octanol–water partition coefficient (Wildman–Crippen LogP) is 4.66. The Kier molecular flexibility index (Phi) is 5.75. The van der Waals surface area contributed by atoms with Gasteiger partial charge < -0.3 is 15.1 Å². The van der Waals surface area contributed by atoms with Gasteiger partial charge in [-0.3, -0.25) is 4.79 Å². The molecule has 2 atom stereocenters. The molecule has 3 aromatic rings. The molecule has 2 unspecified atom stereocenters. The Balaban J connectivity index is 1.38. The molecule has 0 aromatic heterocycles. The summed E-state index contributed by atoms with van der Waals surface area (Å²) in [6.45, 7) is 2.90. The molecule has 2 aliphatic heterocycles. The van der Waals surface area contributed by atoms with E-state index in [1.165, 1.54) is 23.4 Å². The van der Waals surface area contributed by atoms with Gasteiger partial charge in [-0.15, -0.1) is 0 Å². The van der Waals surface area contributed by atoms with Crippen molar-refractivity contribution in [1.29, 1.82) is 0 Å². The molecule has 4 nitrogen and oxygen atoms in total. The number of fused-ring (bicyclic) bond motifs is 3. The van der Waals surface area contributed by atoms with Gasteiger partial charge in [-0.25, -0.2) is 4.39 Å². The maximum absolute atomic E-state index is 13.3. The number of hydrogen-bond acceptors (Lipinski definition) is 3. The fourth-order valence-corrected chi connectivity index (χ4v) is 4.99. The molecule has 1 amide bonds. The molecular formula is C26H25ClFN3O. The first kappa shape index (κ1) is 20.8. The van der Waals surface area contributed by atoms with Crippen LogP contribution in [0.15, 0.2) is 72.8 Å². The van der Waals surface area contributed by atoms with E-state index in [9.17, 15) is 9.18 Å². The average Bonchev–Trinajstić information content (AvgIpc) is 2.83. The summed E-state index contributed by atoms with van der Waals surface area (Å²) in [7, 11) is 0. The molecule has 0 saturated carbocycles. The maximum Gasteiger partial charge on any atom is 0.225 e. The van der Waals surface area contributed by atoms with Crippen molar-refractivity contribution in [2.75, 3.05) is 29.4 Å². The SMILES string of the molecule is O=C(NCc1ccc(F)cc1)C1Cc2ccccc2N2CCN(c3ccc(Cl)cc3)CC12. The number of para-hydroxylation sites is 1. The van der Waals surface area contributed by atoms with Gasteiger partial charge in [0.1, 0.15) is 5.82 Å². The van der Waals surface area contributed by atoms with Crippen LogP contribution >= 0.6 is 11.6 Å². The summed E-state index contributed by atoms with van der Waals surface area (Å²) < 4.78 is 13.2. The van der Waals surface area contributed by atoms with Crippen molar-refractivity contribution >= 4 is 28.9 Å². The van der Waals surface area contributed by atoms with Crippen LogP contribution in [0, 0.1) is 11.7 Å². The third-order valence-corrected chi connectivity index (χ3v) is 6.78. The minimum Gasteiger partial charge on any atom is -0.368 e. The van der Waals surface area contributed by atoms with Crippen LogP contribution in [0.1, 0.15) is 11.1 Å². The van der Waals surface area contributed by atoms with Crippen molar-refractivity contribution in [3.05, 3.63) is 94.8 Å². The summed E-state index contributed by atoms with van der Waals surface area (Å²) in [5.74, 6) is -0.402. The zero-order valence-corrected chi connectivity index (χ0v) is 18.4. The lowest BCUT2D eigenvalue weighted by molar-refractivity contribution is -0.126. The summed E-state index contributed by atoms with van der Waals surface area (Å²) in [5.41, 5.74) is 4.46. The number of hydrogen-bond donors (Lipinski definition) is 1. The van der Waals surface area contributed by atoms with Gasteiger partial charge in [0.05, 0.1) is 12.0 Å². The highest BCUT2D eigenvalue weighted by molar-refractivity contribution is 6.30. The molecule has 1 saturated heterocycles. The molecule has 1 N–H and O–H groups in total. The molecule has 2 aliphatic rings. The van der Waals surface area contributed by atoms with E-state index in [0.29, 0.717) is 13.0 Å². The van der Waals surface area contributed by atoms with Gasteiger partial charge in [0.15, 0.2) is 0 Å². The number of piperazine rings is 1. The molecule has 0 bridgehead atoms. The molecule has 6 heteroatoms. The molecule has 0 spiro atoms. The second-order valence-corrected chi connectivity index (χ2v) is 8.90. The van der Waals surface area contributed by atoms with Gasteiger partial charge in [-0.2, -0.15) is 0 Å². The summed E-state index contributed by atoms with van der Waals surface area (Å²) in [6.07, 6.45) is 0.709. The molecular weight excluding hydrogens is 425 g/mol. The first-order valence-corrected chi connectivity index (χ1v) is 11.3. The standard InChI is InChI=1S/C26H25ClFN3O/c27-20-7-11-22(12-8-20)30-13-14-31-24-4-2-1-3-19(24)15-23(25(31)17-30)26(32)29-16-18-5-9-21(28)10-6-18/h1-12,23,25H,13-17H2,(H,29,32). The summed E-state index contributed by atoms with van der Waals surface area (Å²) in [5, 5.41) is 3.81. The van der Waals surface area contributed by atoms with Crippen LogP contribution < -0.4 is 15.1 Å². The number of nitrogens with zero attached hydrogens (tertiary/aromatic N) is 2. The number of amides is 1. The first-order chi connectivity index (χ1) is 15.6. The Morgan fingerprint density at radius 3 is 2.53 bits per heavy atom. The van der Waals surface area contributed by atoms with Gasteiger partial charge in [0.2, 0.25) is 5.91 Å². The highest BCUT2D eigenvalue weighted by Gasteiger charge is 2.41. The molecule has 164 valence electrons. The van der Waals surface area contributed by atoms with Crippen LogP contribution in [-0.4, -0.2) is 31.6 Å². The van der Waals surface area contributed by atoms with Crippen molar-refractivity contribution in [2.45, 2.75) is 19.0 Å². The highest BCUT2D eigenvalue weighted by Crippen LogP contribution is 2.37. The number of carbonyl (C=O) groups excluding carboxylic acids is 1. The monoisotopic (exact) mass is 449 g/mol. The van der Waals surface area contributed by atoms with Gasteiger partial charge in [0.25, 0.3) is 0 Å². The predicted molar refractivity (Wildman–Crippen MR) is 127 cm³/mol. The summed E-state index contributed by atoms with van der Waals surface area (Å²) in [6, 6.07) is 22.6. The molecule has 3 aromatic carbocycles. The van der Waals surface area contributed by atoms with Gasteiger partial charge in [-0.05, 0) is 60.0 Å². The van der Waals surface area contributed by atoms with Crippen molar-refractivity contribution in [3.63, 3.8) is 0 Å². The number of rotatable bonds is 4. The number of halogens is 2. The molecule has 2 heterocycles. The van der Waals surface area contributed by atoms with Crippen LogP contribution in [0.4, 0.5) is 15.8 Å². The van der Waals surface area contributed by atoms with Gasteiger partial charge in [0, 0.05) is 42.6 Å². The van der Waals surface area contributed by atoms with E-state index in [1.807, 2.05) is 30.3 Å². The van der Waals surface area contributed by atoms with Gasteiger partial charge >= 0.3 is 0 Å². The zero-order chi connectivity index (χ0) is 22.1. The topological polar surface area (TPSA) is 35.6 Å². The van der Waals surface area contributed by atoms with E-state index in [-0.39, 0.29) is 23.7 Å². The van der Waals surface area contributed by atoms with E-state index in [2.05, 4.69) is 33.3 Å². The summed E-state index contributed by atoms with van der Waals surface area (Å²) >= 11 is 6.08. The Bertz CT molecular complexity index is 1100. The quantitative estimate of drug-likeness (QED) is 0.629. The fraction of sp³-hybridized carbons (Fsp3) is 0.269. The first-order valence-electron chi connectivity index (χ1n) is 11.0. The van der Waals surface area contributed by atoms with Crippen LogP contribution in [-0.2, 0) is 17.8 Å². The van der Waals surface area contributed by atoms with Crippen molar-refractivity contribution in [1.82, 2.24) is 5.32 Å². The maximum atomic E-state index is 13.3. The van der Waals surface area contributed by atoms with Crippen molar-refractivity contribution < 1.29 is 9.18 Å². The Hall–Kier alpha value is -3.05. The van der Waals surface area contributed by atoms with Crippen LogP contribution in [0.2, 0.25) is 5.02 Å². The molecule has 5 rings (SSSR count).